The van der Waals surface area contributed by atoms with Crippen molar-refractivity contribution in [1.82, 2.24) is 15.2 Å². The predicted octanol–water partition coefficient (Wildman–Crippen LogP) is 3.64. The summed E-state index contributed by atoms with van der Waals surface area (Å²) in [6, 6.07) is 13.0. The zero-order chi connectivity index (χ0) is 19.3. The number of carbonyl (C=O) groups is 1. The maximum atomic E-state index is 12.6. The van der Waals surface area contributed by atoms with Gasteiger partial charge in [0.25, 0.3) is 0 Å². The lowest BCUT2D eigenvalue weighted by atomic mass is 9.77. The first-order chi connectivity index (χ1) is 13.7. The summed E-state index contributed by atoms with van der Waals surface area (Å²) in [5.74, 6) is 0.578. The SMILES string of the molecule is CSc1ccc(C=CC(=O)NC2C3CCN(CC3)C2Cc2cccnc2)cc1. The number of nitrogens with zero attached hydrogens (tertiary/aromatic N) is 2. The molecule has 1 aromatic carbocycles. The molecule has 146 valence electrons. The molecule has 4 nitrogen and oxygen atoms in total. The summed E-state index contributed by atoms with van der Waals surface area (Å²) in [6.45, 7) is 2.28. The molecule has 2 aromatic rings. The van der Waals surface area contributed by atoms with Gasteiger partial charge in [0.15, 0.2) is 0 Å². The van der Waals surface area contributed by atoms with Crippen molar-refractivity contribution < 1.29 is 4.79 Å². The van der Waals surface area contributed by atoms with Crippen molar-refractivity contribution in [1.29, 1.82) is 0 Å². The fourth-order valence-corrected chi connectivity index (χ4v) is 4.89. The molecule has 0 saturated carbocycles. The Morgan fingerprint density at radius 3 is 2.71 bits per heavy atom. The zero-order valence-electron chi connectivity index (χ0n) is 16.3. The Morgan fingerprint density at radius 2 is 2.04 bits per heavy atom. The first-order valence-corrected chi connectivity index (χ1v) is 11.2. The Hall–Kier alpha value is -2.11. The van der Waals surface area contributed by atoms with Gasteiger partial charge in [-0.2, -0.15) is 0 Å². The molecule has 28 heavy (non-hydrogen) atoms. The van der Waals surface area contributed by atoms with Crippen LogP contribution in [0.15, 0.2) is 59.8 Å². The van der Waals surface area contributed by atoms with Gasteiger partial charge in [-0.3, -0.25) is 14.7 Å². The van der Waals surface area contributed by atoms with E-state index in [0.717, 1.165) is 25.1 Å². The summed E-state index contributed by atoms with van der Waals surface area (Å²) in [4.78, 5) is 20.7. The van der Waals surface area contributed by atoms with E-state index >= 15 is 0 Å². The van der Waals surface area contributed by atoms with Crippen molar-refractivity contribution in [3.63, 3.8) is 0 Å². The molecule has 5 rings (SSSR count). The first kappa shape index (κ1) is 19.2. The summed E-state index contributed by atoms with van der Waals surface area (Å²) >= 11 is 1.72. The van der Waals surface area contributed by atoms with Crippen LogP contribution in [0.4, 0.5) is 0 Å². The van der Waals surface area contributed by atoms with Crippen LogP contribution in [0.3, 0.4) is 0 Å². The van der Waals surface area contributed by atoms with Gasteiger partial charge in [0.1, 0.15) is 0 Å². The summed E-state index contributed by atoms with van der Waals surface area (Å²) in [5.41, 5.74) is 2.29. The Bertz CT molecular complexity index is 814. The second-order valence-corrected chi connectivity index (χ2v) is 8.53. The van der Waals surface area contributed by atoms with Crippen LogP contribution >= 0.6 is 11.8 Å². The number of rotatable bonds is 6. The van der Waals surface area contributed by atoms with Crippen LogP contribution in [0.1, 0.15) is 24.0 Å². The minimum Gasteiger partial charge on any atom is -0.348 e. The molecule has 4 heterocycles. The second-order valence-electron chi connectivity index (χ2n) is 7.65. The minimum atomic E-state index is 0.00359. The van der Waals surface area contributed by atoms with Crippen LogP contribution < -0.4 is 5.32 Å². The third-order valence-corrected chi connectivity index (χ3v) is 6.73. The van der Waals surface area contributed by atoms with Gasteiger partial charge in [-0.15, -0.1) is 11.8 Å². The van der Waals surface area contributed by atoms with E-state index in [2.05, 4.69) is 51.8 Å². The Balaban J connectivity index is 1.43. The number of nitrogens with one attached hydrogen (secondary N) is 1. The van der Waals surface area contributed by atoms with Gasteiger partial charge < -0.3 is 5.32 Å². The number of hydrogen-bond acceptors (Lipinski definition) is 4. The summed E-state index contributed by atoms with van der Waals surface area (Å²) in [5, 5.41) is 3.32. The summed E-state index contributed by atoms with van der Waals surface area (Å²) < 4.78 is 0. The van der Waals surface area contributed by atoms with Crippen LogP contribution in [0.5, 0.6) is 0 Å². The smallest absolute Gasteiger partial charge is 0.244 e. The highest BCUT2D eigenvalue weighted by Crippen LogP contribution is 2.34. The number of fused-ring (bicyclic) bond motifs is 3. The molecule has 2 bridgehead atoms. The van der Waals surface area contributed by atoms with Crippen molar-refractivity contribution in [3.05, 3.63) is 66.0 Å². The molecule has 1 N–H and O–H groups in total. The molecule has 0 spiro atoms. The van der Waals surface area contributed by atoms with Gasteiger partial charge in [-0.05, 0) is 79.9 Å². The third-order valence-electron chi connectivity index (χ3n) is 5.99. The lowest BCUT2D eigenvalue weighted by Crippen LogP contribution is -2.64. The number of hydrogen-bond donors (Lipinski definition) is 1. The van der Waals surface area contributed by atoms with Gasteiger partial charge in [0, 0.05) is 35.4 Å². The Morgan fingerprint density at radius 1 is 1.25 bits per heavy atom. The number of piperidine rings is 3. The highest BCUT2D eigenvalue weighted by Gasteiger charge is 2.42. The Labute approximate surface area is 171 Å². The van der Waals surface area contributed by atoms with Crippen molar-refractivity contribution in [2.45, 2.75) is 36.2 Å². The van der Waals surface area contributed by atoms with Gasteiger partial charge in [0.05, 0.1) is 0 Å². The van der Waals surface area contributed by atoms with Crippen LogP contribution in [-0.4, -0.2) is 47.2 Å². The Kier molecular flexibility index (Phi) is 6.13. The molecule has 3 aliphatic heterocycles. The minimum absolute atomic E-state index is 0.00359. The molecule has 5 heteroatoms. The summed E-state index contributed by atoms with van der Waals surface area (Å²) in [7, 11) is 0. The van der Waals surface area contributed by atoms with E-state index in [9.17, 15) is 4.79 Å². The molecule has 0 aliphatic carbocycles. The highest BCUT2D eigenvalue weighted by atomic mass is 32.2. The number of thioether (sulfide) groups is 1. The van der Waals surface area contributed by atoms with Gasteiger partial charge >= 0.3 is 0 Å². The van der Waals surface area contributed by atoms with E-state index in [1.165, 1.54) is 23.3 Å². The molecule has 3 saturated heterocycles. The van der Waals surface area contributed by atoms with Crippen molar-refractivity contribution in [2.24, 2.45) is 5.92 Å². The molecule has 0 radical (unpaired) electrons. The molecule has 1 aromatic heterocycles. The largest absolute Gasteiger partial charge is 0.348 e. The van der Waals surface area contributed by atoms with Crippen LogP contribution in [0.25, 0.3) is 6.08 Å². The number of benzene rings is 1. The maximum Gasteiger partial charge on any atom is 0.244 e. The molecular formula is C23H27N3OS. The van der Waals surface area contributed by atoms with Gasteiger partial charge in [-0.1, -0.05) is 18.2 Å². The van der Waals surface area contributed by atoms with E-state index in [4.69, 9.17) is 0 Å². The zero-order valence-corrected chi connectivity index (χ0v) is 17.1. The van der Waals surface area contributed by atoms with E-state index in [0.29, 0.717) is 12.0 Å². The molecule has 2 atom stereocenters. The fraction of sp³-hybridized carbons (Fsp3) is 0.391. The second kappa shape index (κ2) is 8.93. The monoisotopic (exact) mass is 393 g/mol. The molecular weight excluding hydrogens is 366 g/mol. The molecule has 3 fully saturated rings. The van der Waals surface area contributed by atoms with Crippen molar-refractivity contribution in [2.75, 3.05) is 19.3 Å². The van der Waals surface area contributed by atoms with E-state index < -0.39 is 0 Å². The van der Waals surface area contributed by atoms with Gasteiger partial charge in [0.2, 0.25) is 5.91 Å². The number of aromatic nitrogens is 1. The number of carbonyl (C=O) groups excluding carboxylic acids is 1. The van der Waals surface area contributed by atoms with Crippen LogP contribution in [0, 0.1) is 5.92 Å². The van der Waals surface area contributed by atoms with E-state index in [1.807, 2.05) is 24.5 Å². The predicted molar refractivity (Wildman–Crippen MR) is 115 cm³/mol. The molecule has 3 aliphatic rings. The lowest BCUT2D eigenvalue weighted by Gasteiger charge is -2.51. The quantitative estimate of drug-likeness (QED) is 0.601. The maximum absolute atomic E-state index is 12.6. The van der Waals surface area contributed by atoms with Crippen LogP contribution in [0.2, 0.25) is 0 Å². The molecule has 2 unspecified atom stereocenters. The normalized spacial score (nSPS) is 26.5. The number of amides is 1. The molecule has 1 amide bonds. The van der Waals surface area contributed by atoms with Crippen LogP contribution in [-0.2, 0) is 11.2 Å². The van der Waals surface area contributed by atoms with E-state index in [1.54, 1.807) is 17.8 Å². The van der Waals surface area contributed by atoms with E-state index in [-0.39, 0.29) is 11.9 Å². The average Bonchev–Trinajstić information content (AvgIpc) is 2.76. The standard InChI is InChI=1S/C23H27N3OS/c1-28-20-7-4-17(5-8-20)6-9-22(27)25-23-19-10-13-26(14-11-19)21(23)15-18-3-2-12-24-16-18/h2-9,12,16,19,21,23H,10-11,13-15H2,1H3,(H,25,27). The lowest BCUT2D eigenvalue weighted by molar-refractivity contribution is -0.119. The van der Waals surface area contributed by atoms with Crippen molar-refractivity contribution in [3.8, 4) is 0 Å². The van der Waals surface area contributed by atoms with Gasteiger partial charge in [-0.25, -0.2) is 0 Å². The number of pyridine rings is 1. The topological polar surface area (TPSA) is 45.2 Å². The average molecular weight is 394 g/mol. The first-order valence-electron chi connectivity index (χ1n) is 9.98. The fourth-order valence-electron chi connectivity index (χ4n) is 4.48. The third kappa shape index (κ3) is 4.47. The highest BCUT2D eigenvalue weighted by molar-refractivity contribution is 7.98. The summed E-state index contributed by atoms with van der Waals surface area (Å²) in [6.07, 6.45) is 12.7. The van der Waals surface area contributed by atoms with Crippen molar-refractivity contribution >= 4 is 23.7 Å².